The zero-order chi connectivity index (χ0) is 11.9. The lowest BCUT2D eigenvalue weighted by Gasteiger charge is -2.09. The highest BCUT2D eigenvalue weighted by molar-refractivity contribution is 5.51. The van der Waals surface area contributed by atoms with Crippen molar-refractivity contribution < 1.29 is 4.74 Å². The van der Waals surface area contributed by atoms with Crippen LogP contribution in [0.15, 0.2) is 42.6 Å². The van der Waals surface area contributed by atoms with Crippen molar-refractivity contribution in [3.63, 3.8) is 0 Å². The number of ether oxygens (including phenoxy) is 1. The topological polar surface area (TPSA) is 73.1 Å². The Morgan fingerprint density at radius 1 is 1.18 bits per heavy atom. The first kappa shape index (κ1) is 11.2. The summed E-state index contributed by atoms with van der Waals surface area (Å²) in [6.45, 7) is 1.16. The number of para-hydroxylation sites is 2. The van der Waals surface area contributed by atoms with Crippen LogP contribution < -0.4 is 15.8 Å². The molecule has 2 rings (SSSR count). The molecule has 5 heteroatoms. The number of benzene rings is 1. The summed E-state index contributed by atoms with van der Waals surface area (Å²) in [5, 5.41) is 10.8. The molecule has 17 heavy (non-hydrogen) atoms. The fraction of sp³-hybridized carbons (Fsp3) is 0.167. The Morgan fingerprint density at radius 2 is 2.06 bits per heavy atom. The van der Waals surface area contributed by atoms with Crippen molar-refractivity contribution in [2.45, 2.75) is 0 Å². The average molecular weight is 230 g/mol. The molecule has 0 saturated carbocycles. The second-order valence-corrected chi connectivity index (χ2v) is 3.42. The predicted molar refractivity (Wildman–Crippen MR) is 66.9 cm³/mol. The molecule has 0 atom stereocenters. The number of nitrogens with two attached hydrogens (primary N) is 1. The summed E-state index contributed by atoms with van der Waals surface area (Å²) in [5.41, 5.74) is 6.39. The third-order valence-electron chi connectivity index (χ3n) is 2.16. The Balaban J connectivity index is 1.76. The molecule has 0 bridgehead atoms. The van der Waals surface area contributed by atoms with Crippen molar-refractivity contribution >= 4 is 11.5 Å². The average Bonchev–Trinajstić information content (AvgIpc) is 2.38. The Bertz CT molecular complexity index is 461. The van der Waals surface area contributed by atoms with E-state index in [0.29, 0.717) is 24.6 Å². The molecule has 0 unspecified atom stereocenters. The van der Waals surface area contributed by atoms with Crippen LogP contribution in [0.25, 0.3) is 0 Å². The van der Waals surface area contributed by atoms with Gasteiger partial charge in [-0.15, -0.1) is 5.10 Å². The zero-order valence-electron chi connectivity index (χ0n) is 9.34. The van der Waals surface area contributed by atoms with E-state index >= 15 is 0 Å². The van der Waals surface area contributed by atoms with E-state index in [0.717, 1.165) is 5.82 Å². The van der Waals surface area contributed by atoms with Gasteiger partial charge in [-0.2, -0.15) is 5.10 Å². The second kappa shape index (κ2) is 5.69. The van der Waals surface area contributed by atoms with Crippen LogP contribution in [0.4, 0.5) is 11.5 Å². The quantitative estimate of drug-likeness (QED) is 0.602. The fourth-order valence-electron chi connectivity index (χ4n) is 1.35. The van der Waals surface area contributed by atoms with Gasteiger partial charge in [0.2, 0.25) is 0 Å². The Kier molecular flexibility index (Phi) is 3.75. The molecule has 0 amide bonds. The number of anilines is 2. The molecule has 0 radical (unpaired) electrons. The molecule has 0 aliphatic carbocycles. The van der Waals surface area contributed by atoms with E-state index in [-0.39, 0.29) is 0 Å². The predicted octanol–water partition coefficient (Wildman–Crippen LogP) is 1.55. The van der Waals surface area contributed by atoms with Crippen LogP contribution in [0, 0.1) is 0 Å². The molecule has 88 valence electrons. The SMILES string of the molecule is Nc1ccccc1OCCNc1cccnn1. The van der Waals surface area contributed by atoms with Gasteiger partial charge in [0.05, 0.1) is 12.2 Å². The van der Waals surface area contributed by atoms with Crippen LogP contribution in [0.5, 0.6) is 5.75 Å². The molecule has 0 spiro atoms. The van der Waals surface area contributed by atoms with Crippen LogP contribution in [0.1, 0.15) is 0 Å². The molecule has 2 aromatic rings. The van der Waals surface area contributed by atoms with Gasteiger partial charge < -0.3 is 15.8 Å². The number of rotatable bonds is 5. The minimum Gasteiger partial charge on any atom is -0.490 e. The fourth-order valence-corrected chi connectivity index (χ4v) is 1.35. The van der Waals surface area contributed by atoms with Gasteiger partial charge in [-0.3, -0.25) is 0 Å². The lowest BCUT2D eigenvalue weighted by molar-refractivity contribution is 0.334. The minimum atomic E-state index is 0.519. The van der Waals surface area contributed by atoms with Crippen molar-refractivity contribution in [2.24, 2.45) is 0 Å². The van der Waals surface area contributed by atoms with Gasteiger partial charge >= 0.3 is 0 Å². The molecule has 1 heterocycles. The van der Waals surface area contributed by atoms with Gasteiger partial charge in [-0.1, -0.05) is 12.1 Å². The van der Waals surface area contributed by atoms with Gasteiger partial charge in [0.15, 0.2) is 0 Å². The Morgan fingerprint density at radius 3 is 2.82 bits per heavy atom. The van der Waals surface area contributed by atoms with Crippen LogP contribution in [0.3, 0.4) is 0 Å². The lowest BCUT2D eigenvalue weighted by Crippen LogP contribution is -2.13. The third kappa shape index (κ3) is 3.34. The normalized spacial score (nSPS) is 9.88. The Labute approximate surface area is 99.6 Å². The molecular weight excluding hydrogens is 216 g/mol. The summed E-state index contributed by atoms with van der Waals surface area (Å²) in [7, 11) is 0. The Hall–Kier alpha value is -2.30. The second-order valence-electron chi connectivity index (χ2n) is 3.42. The van der Waals surface area contributed by atoms with Crippen molar-refractivity contribution in [1.29, 1.82) is 0 Å². The molecule has 5 nitrogen and oxygen atoms in total. The minimum absolute atomic E-state index is 0.519. The first-order chi connectivity index (χ1) is 8.36. The van der Waals surface area contributed by atoms with Crippen molar-refractivity contribution in [3.05, 3.63) is 42.6 Å². The standard InChI is InChI=1S/C12H14N4O/c13-10-4-1-2-5-11(10)17-9-8-14-12-6-3-7-15-16-12/h1-7H,8-9,13H2,(H,14,16). The van der Waals surface area contributed by atoms with Gasteiger partial charge in [0, 0.05) is 6.20 Å². The van der Waals surface area contributed by atoms with Gasteiger partial charge in [0.25, 0.3) is 0 Å². The van der Waals surface area contributed by atoms with E-state index < -0.39 is 0 Å². The summed E-state index contributed by atoms with van der Waals surface area (Å²) in [4.78, 5) is 0. The van der Waals surface area contributed by atoms with Gasteiger partial charge in [0.1, 0.15) is 18.2 Å². The maximum atomic E-state index is 5.75. The van der Waals surface area contributed by atoms with Crippen molar-refractivity contribution in [1.82, 2.24) is 10.2 Å². The maximum absolute atomic E-state index is 5.75. The highest BCUT2D eigenvalue weighted by Crippen LogP contribution is 2.19. The lowest BCUT2D eigenvalue weighted by atomic mass is 10.3. The first-order valence-electron chi connectivity index (χ1n) is 5.35. The smallest absolute Gasteiger partial charge is 0.148 e. The zero-order valence-corrected chi connectivity index (χ0v) is 9.34. The largest absolute Gasteiger partial charge is 0.490 e. The summed E-state index contributed by atoms with van der Waals surface area (Å²) in [6.07, 6.45) is 1.63. The molecule has 0 saturated heterocycles. The van der Waals surface area contributed by atoms with Crippen LogP contribution in [-0.2, 0) is 0 Å². The van der Waals surface area contributed by atoms with E-state index in [4.69, 9.17) is 10.5 Å². The molecular formula is C12H14N4O. The molecule has 1 aromatic carbocycles. The summed E-state index contributed by atoms with van der Waals surface area (Å²) < 4.78 is 5.52. The summed E-state index contributed by atoms with van der Waals surface area (Å²) in [6, 6.07) is 11.1. The highest BCUT2D eigenvalue weighted by atomic mass is 16.5. The van der Waals surface area contributed by atoms with E-state index in [2.05, 4.69) is 15.5 Å². The number of hydrogen-bond acceptors (Lipinski definition) is 5. The molecule has 1 aromatic heterocycles. The van der Waals surface area contributed by atoms with E-state index in [1.54, 1.807) is 6.20 Å². The van der Waals surface area contributed by atoms with E-state index in [1.165, 1.54) is 0 Å². The van der Waals surface area contributed by atoms with E-state index in [1.807, 2.05) is 36.4 Å². The molecule has 3 N–H and O–H groups in total. The first-order valence-corrected chi connectivity index (χ1v) is 5.35. The molecule has 0 aliphatic rings. The number of aromatic nitrogens is 2. The maximum Gasteiger partial charge on any atom is 0.148 e. The third-order valence-corrected chi connectivity index (χ3v) is 2.16. The van der Waals surface area contributed by atoms with Crippen LogP contribution >= 0.6 is 0 Å². The number of hydrogen-bond donors (Lipinski definition) is 2. The summed E-state index contributed by atoms with van der Waals surface area (Å²) >= 11 is 0. The van der Waals surface area contributed by atoms with Crippen molar-refractivity contribution in [2.75, 3.05) is 24.2 Å². The number of nitrogen functional groups attached to an aromatic ring is 1. The summed E-state index contributed by atoms with van der Waals surface area (Å²) in [5.74, 6) is 1.44. The van der Waals surface area contributed by atoms with Gasteiger partial charge in [-0.25, -0.2) is 0 Å². The van der Waals surface area contributed by atoms with Gasteiger partial charge in [-0.05, 0) is 24.3 Å². The van der Waals surface area contributed by atoms with Crippen LogP contribution in [0.2, 0.25) is 0 Å². The number of nitrogens with one attached hydrogen (secondary N) is 1. The molecule has 0 fully saturated rings. The molecule has 0 aliphatic heterocycles. The number of nitrogens with zero attached hydrogens (tertiary/aromatic N) is 2. The van der Waals surface area contributed by atoms with Crippen molar-refractivity contribution in [3.8, 4) is 5.75 Å². The monoisotopic (exact) mass is 230 g/mol. The van der Waals surface area contributed by atoms with Crippen LogP contribution in [-0.4, -0.2) is 23.3 Å². The highest BCUT2D eigenvalue weighted by Gasteiger charge is 1.98. The van der Waals surface area contributed by atoms with E-state index in [9.17, 15) is 0 Å².